The number of hydrogen-bond acceptors (Lipinski definition) is 6. The predicted molar refractivity (Wildman–Crippen MR) is 202 cm³/mol. The predicted octanol–water partition coefficient (Wildman–Crippen LogP) is 13.1. The molecule has 0 N–H and O–H groups in total. The second-order valence-electron chi connectivity index (χ2n) is 12.3. The van der Waals surface area contributed by atoms with Crippen molar-refractivity contribution in [1.29, 1.82) is 0 Å². The first-order valence-corrected chi connectivity index (χ1v) is 17.0. The lowest BCUT2D eigenvalue weighted by molar-refractivity contribution is 0.667. The summed E-state index contributed by atoms with van der Waals surface area (Å²) >= 11 is 1.70. The summed E-state index contributed by atoms with van der Waals surface area (Å²) in [6.45, 7) is 0. The van der Waals surface area contributed by atoms with Crippen LogP contribution in [0.2, 0.25) is 0 Å². The molecule has 4 aromatic heterocycles. The molecule has 0 unspecified atom stereocenters. The minimum absolute atomic E-state index is 0.804. The van der Waals surface area contributed by atoms with Gasteiger partial charge in [0.15, 0.2) is 5.58 Å². The second-order valence-corrected chi connectivity index (χ2v) is 13.3. The van der Waals surface area contributed by atoms with Crippen LogP contribution in [0.1, 0.15) is 0 Å². The number of anilines is 3. The van der Waals surface area contributed by atoms with Crippen LogP contribution in [0.3, 0.4) is 0 Å². The Morgan fingerprint density at radius 2 is 1.06 bits per heavy atom. The lowest BCUT2D eigenvalue weighted by Crippen LogP contribution is -2.10. The zero-order valence-corrected chi connectivity index (χ0v) is 26.7. The van der Waals surface area contributed by atoms with E-state index in [0.29, 0.717) is 0 Å². The molecule has 0 saturated carbocycles. The smallest absolute Gasteiger partial charge is 0.160 e. The largest absolute Gasteiger partial charge is 0.456 e. The molecule has 0 radical (unpaired) electrons. The summed E-state index contributed by atoms with van der Waals surface area (Å²) in [6, 6.07) is 50.0. The molecule has 0 fully saturated rings. The van der Waals surface area contributed by atoms with Crippen LogP contribution in [-0.2, 0) is 0 Å². The van der Waals surface area contributed by atoms with Crippen molar-refractivity contribution in [3.63, 3.8) is 0 Å². The van der Waals surface area contributed by atoms with Gasteiger partial charge in [0, 0.05) is 49.6 Å². The number of hydrogen-bond donors (Lipinski definition) is 0. The first kappa shape index (κ1) is 26.7. The van der Waals surface area contributed by atoms with Gasteiger partial charge >= 0.3 is 0 Å². The number of rotatable bonds is 4. The number of fused-ring (bicyclic) bond motifs is 11. The Kier molecular flexibility index (Phi) is 5.48. The average molecular weight is 649 g/mol. The second kappa shape index (κ2) is 10.1. The van der Waals surface area contributed by atoms with E-state index in [2.05, 4.69) is 102 Å². The maximum atomic E-state index is 6.80. The van der Waals surface area contributed by atoms with Crippen LogP contribution in [-0.4, -0.2) is 4.98 Å². The minimum Gasteiger partial charge on any atom is -0.456 e. The maximum absolute atomic E-state index is 6.80. The van der Waals surface area contributed by atoms with E-state index in [1.807, 2.05) is 48.5 Å². The summed E-state index contributed by atoms with van der Waals surface area (Å²) in [6.07, 6.45) is 0. The summed E-state index contributed by atoms with van der Waals surface area (Å²) in [5, 5.41) is 7.39. The Labute approximate surface area is 282 Å². The van der Waals surface area contributed by atoms with Gasteiger partial charge in [-0.2, -0.15) is 0 Å². The van der Waals surface area contributed by atoms with Gasteiger partial charge < -0.3 is 18.2 Å². The van der Waals surface area contributed by atoms with Crippen molar-refractivity contribution in [2.45, 2.75) is 0 Å². The molecule has 0 saturated heterocycles. The zero-order valence-electron chi connectivity index (χ0n) is 25.9. The quantitative estimate of drug-likeness (QED) is 0.190. The molecule has 7 aromatic carbocycles. The first-order valence-electron chi connectivity index (χ1n) is 16.2. The number of furan rings is 3. The van der Waals surface area contributed by atoms with E-state index < -0.39 is 0 Å². The van der Waals surface area contributed by atoms with Gasteiger partial charge in [0.2, 0.25) is 0 Å². The molecule has 0 atom stereocenters. The molecule has 11 aromatic rings. The van der Waals surface area contributed by atoms with E-state index in [1.165, 1.54) is 0 Å². The van der Waals surface area contributed by atoms with Gasteiger partial charge in [0.25, 0.3) is 0 Å². The van der Waals surface area contributed by atoms with Gasteiger partial charge in [0.1, 0.15) is 32.9 Å². The Bertz CT molecular complexity index is 3070. The molecule has 0 bridgehead atoms. The topological polar surface area (TPSA) is 55.6 Å². The van der Waals surface area contributed by atoms with Gasteiger partial charge in [-0.25, -0.2) is 4.98 Å². The van der Waals surface area contributed by atoms with Gasteiger partial charge in [0.05, 0.1) is 21.6 Å². The monoisotopic (exact) mass is 648 g/mol. The van der Waals surface area contributed by atoms with E-state index in [-0.39, 0.29) is 0 Å². The van der Waals surface area contributed by atoms with Crippen molar-refractivity contribution in [2.75, 3.05) is 4.90 Å². The molecular weight excluding hydrogens is 625 g/mol. The maximum Gasteiger partial charge on any atom is 0.160 e. The third-order valence-electron chi connectivity index (χ3n) is 9.48. The molecule has 230 valence electrons. The van der Waals surface area contributed by atoms with Gasteiger partial charge in [-0.1, -0.05) is 84.9 Å². The van der Waals surface area contributed by atoms with Crippen LogP contribution < -0.4 is 4.90 Å². The molecule has 0 amide bonds. The fraction of sp³-hybridized carbons (Fsp3) is 0. The van der Waals surface area contributed by atoms with Crippen molar-refractivity contribution in [3.8, 4) is 10.6 Å². The fourth-order valence-electron chi connectivity index (χ4n) is 7.26. The van der Waals surface area contributed by atoms with Crippen LogP contribution in [0, 0.1) is 0 Å². The van der Waals surface area contributed by atoms with E-state index in [0.717, 1.165) is 104 Å². The third kappa shape index (κ3) is 3.95. The van der Waals surface area contributed by atoms with Crippen molar-refractivity contribution in [1.82, 2.24) is 4.98 Å². The highest BCUT2D eigenvalue weighted by Crippen LogP contribution is 2.49. The highest BCUT2D eigenvalue weighted by molar-refractivity contribution is 7.22. The Balaban J connectivity index is 1.24. The molecule has 49 heavy (non-hydrogen) atoms. The summed E-state index contributed by atoms with van der Waals surface area (Å²) in [5.41, 5.74) is 9.85. The summed E-state index contributed by atoms with van der Waals surface area (Å²) in [4.78, 5) is 7.49. The number of para-hydroxylation sites is 3. The van der Waals surface area contributed by atoms with E-state index in [4.69, 9.17) is 18.2 Å². The molecule has 6 heteroatoms. The highest BCUT2D eigenvalue weighted by atomic mass is 32.1. The van der Waals surface area contributed by atoms with Crippen LogP contribution in [0.4, 0.5) is 17.1 Å². The number of aromatic nitrogens is 1. The van der Waals surface area contributed by atoms with Gasteiger partial charge in [-0.05, 0) is 54.6 Å². The summed E-state index contributed by atoms with van der Waals surface area (Å²) in [7, 11) is 0. The van der Waals surface area contributed by atoms with E-state index in [9.17, 15) is 0 Å². The number of benzene rings is 7. The molecule has 5 nitrogen and oxygen atoms in total. The van der Waals surface area contributed by atoms with Gasteiger partial charge in [-0.15, -0.1) is 11.3 Å². The minimum atomic E-state index is 0.804. The standard InChI is InChI=1S/C43H24N2O3S/c1-2-10-25(11-3-1)43-44-33-24-34(41-40(42(33)49-43)31-14-6-9-17-37(31)48-41)45(26-19-21-38-32(22-26)29-13-5-8-16-36(29)46-38)27-18-20-30-28-12-4-7-15-35(28)47-39(30)23-27/h1-24H. The van der Waals surface area contributed by atoms with Crippen LogP contribution in [0.15, 0.2) is 159 Å². The third-order valence-corrected chi connectivity index (χ3v) is 10.6. The number of thiazole rings is 1. The first-order chi connectivity index (χ1) is 24.3. The zero-order chi connectivity index (χ0) is 32.1. The molecule has 0 aliphatic heterocycles. The lowest BCUT2D eigenvalue weighted by Gasteiger charge is -2.25. The Hall–Kier alpha value is -6.37. The molecule has 0 spiro atoms. The molecule has 4 heterocycles. The summed E-state index contributed by atoms with van der Waals surface area (Å²) < 4.78 is 20.6. The highest BCUT2D eigenvalue weighted by Gasteiger charge is 2.25. The molecule has 0 aliphatic carbocycles. The normalized spacial score (nSPS) is 12.1. The van der Waals surface area contributed by atoms with Crippen molar-refractivity contribution < 1.29 is 13.3 Å². The van der Waals surface area contributed by atoms with Crippen molar-refractivity contribution >= 4 is 104 Å². The fourth-order valence-corrected chi connectivity index (χ4v) is 8.36. The van der Waals surface area contributed by atoms with Gasteiger partial charge in [-0.3, -0.25) is 0 Å². The van der Waals surface area contributed by atoms with E-state index in [1.54, 1.807) is 11.3 Å². The number of nitrogens with zero attached hydrogens (tertiary/aromatic N) is 2. The van der Waals surface area contributed by atoms with Crippen LogP contribution in [0.5, 0.6) is 0 Å². The van der Waals surface area contributed by atoms with Crippen LogP contribution in [0.25, 0.3) is 86.6 Å². The Morgan fingerprint density at radius 3 is 1.86 bits per heavy atom. The molecular formula is C43H24N2O3S. The average Bonchev–Trinajstić information content (AvgIpc) is 3.93. The summed E-state index contributed by atoms with van der Waals surface area (Å²) in [5.74, 6) is 0. The molecule has 11 rings (SSSR count). The Morgan fingerprint density at radius 1 is 0.469 bits per heavy atom. The lowest BCUT2D eigenvalue weighted by atomic mass is 10.1. The van der Waals surface area contributed by atoms with Crippen LogP contribution >= 0.6 is 11.3 Å². The SMILES string of the molecule is c1ccc(-c2nc3cc(N(c4ccc5c(c4)oc4ccccc45)c4ccc5oc6ccccc6c5c4)c4oc5ccccc5c4c3s2)cc1. The molecule has 0 aliphatic rings. The van der Waals surface area contributed by atoms with E-state index >= 15 is 0 Å². The van der Waals surface area contributed by atoms with Crippen molar-refractivity contribution in [3.05, 3.63) is 146 Å². The van der Waals surface area contributed by atoms with Crippen molar-refractivity contribution in [2.24, 2.45) is 0 Å².